The Labute approximate surface area is 201 Å². The molecule has 2 aromatic heterocycles. The monoisotopic (exact) mass is 510 g/mol. The van der Waals surface area contributed by atoms with Crippen LogP contribution in [0.25, 0.3) is 11.0 Å². The number of nitrogens with zero attached hydrogens (tertiary/aromatic N) is 4. The van der Waals surface area contributed by atoms with Crippen molar-refractivity contribution in [2.24, 2.45) is 10.7 Å². The van der Waals surface area contributed by atoms with Gasteiger partial charge in [0.2, 0.25) is 5.88 Å². The average Bonchev–Trinajstić information content (AvgIpc) is 2.77. The molecular weight excluding hydrogens is 485 g/mol. The van der Waals surface area contributed by atoms with Crippen LogP contribution in [0.15, 0.2) is 41.7 Å². The molecule has 0 bridgehead atoms. The van der Waals surface area contributed by atoms with E-state index in [2.05, 4.69) is 25.3 Å². The molecule has 188 valence electrons. The Hall–Kier alpha value is -3.16. The van der Waals surface area contributed by atoms with Crippen LogP contribution in [0.5, 0.6) is 5.88 Å². The second-order valence-electron chi connectivity index (χ2n) is 8.85. The minimum Gasteiger partial charge on any atom is -0.470 e. The van der Waals surface area contributed by atoms with Crippen LogP contribution in [0.2, 0.25) is 0 Å². The van der Waals surface area contributed by atoms with Gasteiger partial charge in [-0.05, 0) is 45.0 Å². The lowest BCUT2D eigenvalue weighted by Crippen LogP contribution is -2.52. The van der Waals surface area contributed by atoms with Gasteiger partial charge in [0.25, 0.3) is 6.43 Å². The van der Waals surface area contributed by atoms with Gasteiger partial charge in [-0.3, -0.25) is 14.1 Å². The minimum atomic E-state index is -3.23. The summed E-state index contributed by atoms with van der Waals surface area (Å²) >= 11 is 0. The molecule has 4 rings (SSSR count). The Balaban J connectivity index is 1.68. The number of ether oxygens (including phenoxy) is 1. The second-order valence-corrected chi connectivity index (χ2v) is 11.5. The number of hydrogen-bond donors (Lipinski definition) is 4. The van der Waals surface area contributed by atoms with Crippen LogP contribution in [0.3, 0.4) is 0 Å². The molecule has 0 saturated heterocycles. The molecule has 3 heterocycles. The SMILES string of the molecule is CC1(C)C(N)=N[C@](C)(c2cc(Nc3nccc4nc(OCC(F)F)cnc34)ccc2F)CS1(O)O. The molecule has 5 N–H and O–H groups in total. The Morgan fingerprint density at radius 3 is 2.63 bits per heavy atom. The first kappa shape index (κ1) is 24.9. The van der Waals surface area contributed by atoms with E-state index in [4.69, 9.17) is 10.5 Å². The predicted molar refractivity (Wildman–Crippen MR) is 129 cm³/mol. The van der Waals surface area contributed by atoms with Crippen LogP contribution < -0.4 is 15.8 Å². The van der Waals surface area contributed by atoms with E-state index in [-0.39, 0.29) is 28.8 Å². The molecule has 35 heavy (non-hydrogen) atoms. The quantitative estimate of drug-likeness (QED) is 0.375. The van der Waals surface area contributed by atoms with Crippen molar-refractivity contribution in [3.05, 3.63) is 48.0 Å². The summed E-state index contributed by atoms with van der Waals surface area (Å²) < 4.78 is 65.0. The van der Waals surface area contributed by atoms with Crippen LogP contribution >= 0.6 is 10.6 Å². The van der Waals surface area contributed by atoms with E-state index < -0.39 is 39.7 Å². The van der Waals surface area contributed by atoms with Crippen molar-refractivity contribution in [3.8, 4) is 5.88 Å². The van der Waals surface area contributed by atoms with E-state index in [0.29, 0.717) is 16.7 Å². The molecule has 0 amide bonds. The molecule has 1 aliphatic heterocycles. The van der Waals surface area contributed by atoms with Gasteiger partial charge < -0.3 is 15.8 Å². The molecular formula is C22H25F3N6O3S. The van der Waals surface area contributed by atoms with E-state index in [1.165, 1.54) is 30.6 Å². The van der Waals surface area contributed by atoms with Gasteiger partial charge in [-0.1, -0.05) is 0 Å². The van der Waals surface area contributed by atoms with Crippen molar-refractivity contribution in [2.75, 3.05) is 17.7 Å². The van der Waals surface area contributed by atoms with Gasteiger partial charge in [0.15, 0.2) is 12.4 Å². The maximum absolute atomic E-state index is 14.9. The number of nitrogens with two attached hydrogens (primary N) is 1. The number of nitrogens with one attached hydrogen (secondary N) is 1. The molecule has 13 heteroatoms. The van der Waals surface area contributed by atoms with E-state index in [1.807, 2.05) is 0 Å². The minimum absolute atomic E-state index is 0.0277. The summed E-state index contributed by atoms with van der Waals surface area (Å²) in [6, 6.07) is 5.75. The standard InChI is InChI=1S/C22H25F3N6O3S/c1-21(2)20(26)31-22(3,11-35(21,32)33)13-8-12(4-5-14(13)23)29-19-18-15(6-7-27-19)30-17(9-28-18)34-10-16(24)25/h4-9,16,32-33H,10-11H2,1-3H3,(H2,26,31)(H,27,29)/t22-/m0/s1. The largest absolute Gasteiger partial charge is 0.470 e. The van der Waals surface area contributed by atoms with Gasteiger partial charge in [-0.15, -0.1) is 0 Å². The number of pyridine rings is 1. The van der Waals surface area contributed by atoms with Crippen molar-refractivity contribution >= 4 is 39.0 Å². The van der Waals surface area contributed by atoms with Crippen LogP contribution in [0, 0.1) is 5.82 Å². The second kappa shape index (κ2) is 8.81. The zero-order valence-corrected chi connectivity index (χ0v) is 20.0. The first-order valence-corrected chi connectivity index (χ1v) is 12.2. The van der Waals surface area contributed by atoms with E-state index in [1.54, 1.807) is 26.8 Å². The fourth-order valence-corrected chi connectivity index (χ4v) is 5.45. The molecule has 0 radical (unpaired) electrons. The Morgan fingerprint density at radius 2 is 1.94 bits per heavy atom. The van der Waals surface area contributed by atoms with Crippen molar-refractivity contribution in [2.45, 2.75) is 37.5 Å². The Morgan fingerprint density at radius 1 is 1.20 bits per heavy atom. The normalized spacial score (nSPS) is 22.0. The molecule has 1 atom stereocenters. The van der Waals surface area contributed by atoms with E-state index in [0.717, 1.165) is 0 Å². The zero-order chi connectivity index (χ0) is 25.6. The number of aliphatic imine (C=N–C) groups is 1. The Bertz CT molecular complexity index is 1310. The lowest BCUT2D eigenvalue weighted by Gasteiger charge is -2.53. The number of halogens is 3. The highest BCUT2D eigenvalue weighted by Crippen LogP contribution is 2.59. The third-order valence-corrected chi connectivity index (χ3v) is 8.70. The molecule has 0 fully saturated rings. The summed E-state index contributed by atoms with van der Waals surface area (Å²) in [7, 11) is -3.23. The zero-order valence-electron chi connectivity index (χ0n) is 19.2. The van der Waals surface area contributed by atoms with Crippen molar-refractivity contribution in [1.82, 2.24) is 15.0 Å². The maximum atomic E-state index is 14.9. The highest BCUT2D eigenvalue weighted by atomic mass is 32.3. The van der Waals surface area contributed by atoms with Crippen LogP contribution in [0.4, 0.5) is 24.7 Å². The highest BCUT2D eigenvalue weighted by Gasteiger charge is 2.49. The number of alkyl halides is 2. The van der Waals surface area contributed by atoms with Gasteiger partial charge >= 0.3 is 0 Å². The first-order chi connectivity index (χ1) is 16.3. The summed E-state index contributed by atoms with van der Waals surface area (Å²) in [5, 5.41) is 3.05. The van der Waals surface area contributed by atoms with Crippen molar-refractivity contribution in [1.29, 1.82) is 0 Å². The summed E-state index contributed by atoms with van der Waals surface area (Å²) in [6.45, 7) is 3.97. The number of amidine groups is 1. The van der Waals surface area contributed by atoms with Gasteiger partial charge in [0.1, 0.15) is 27.5 Å². The van der Waals surface area contributed by atoms with Crippen LogP contribution in [0.1, 0.15) is 26.3 Å². The van der Waals surface area contributed by atoms with E-state index >= 15 is 0 Å². The van der Waals surface area contributed by atoms with Gasteiger partial charge in [0, 0.05) is 17.4 Å². The molecule has 1 aromatic carbocycles. The molecule has 0 spiro atoms. The van der Waals surface area contributed by atoms with Crippen LogP contribution in [-0.2, 0) is 5.54 Å². The lowest BCUT2D eigenvalue weighted by molar-refractivity contribution is 0.0796. The smallest absolute Gasteiger partial charge is 0.272 e. The van der Waals surface area contributed by atoms with E-state index in [9.17, 15) is 22.3 Å². The number of rotatable bonds is 6. The third kappa shape index (κ3) is 4.70. The average molecular weight is 511 g/mol. The number of fused-ring (bicyclic) bond motifs is 1. The number of benzene rings is 1. The fraction of sp³-hybridized carbons (Fsp3) is 0.364. The molecule has 0 aliphatic carbocycles. The highest BCUT2D eigenvalue weighted by molar-refractivity contribution is 8.26. The molecule has 0 saturated carbocycles. The fourth-order valence-electron chi connectivity index (χ4n) is 3.70. The van der Waals surface area contributed by atoms with Gasteiger partial charge in [0.05, 0.1) is 17.5 Å². The maximum Gasteiger partial charge on any atom is 0.272 e. The first-order valence-electron chi connectivity index (χ1n) is 10.5. The summed E-state index contributed by atoms with van der Waals surface area (Å²) in [6.07, 6.45) is 0.0155. The summed E-state index contributed by atoms with van der Waals surface area (Å²) in [4.78, 5) is 17.1. The molecule has 0 unspecified atom stereocenters. The summed E-state index contributed by atoms with van der Waals surface area (Å²) in [5.74, 6) is -0.527. The topological polar surface area (TPSA) is 139 Å². The number of hydrogen-bond acceptors (Lipinski definition) is 9. The molecule has 9 nitrogen and oxygen atoms in total. The Kier molecular flexibility index (Phi) is 6.28. The lowest BCUT2D eigenvalue weighted by atomic mass is 9.92. The van der Waals surface area contributed by atoms with Gasteiger partial charge in [-0.2, -0.15) is 10.6 Å². The van der Waals surface area contributed by atoms with Crippen LogP contribution in [-0.4, -0.2) is 53.4 Å². The van der Waals surface area contributed by atoms with Crippen molar-refractivity contribution < 1.29 is 27.0 Å². The molecule has 1 aliphatic rings. The number of aromatic nitrogens is 3. The third-order valence-electron chi connectivity index (χ3n) is 5.89. The summed E-state index contributed by atoms with van der Waals surface area (Å²) in [5.41, 5.74) is 5.98. The van der Waals surface area contributed by atoms with Crippen molar-refractivity contribution in [3.63, 3.8) is 0 Å². The predicted octanol–water partition coefficient (Wildman–Crippen LogP) is 4.67. The van der Waals surface area contributed by atoms with Gasteiger partial charge in [-0.25, -0.2) is 28.1 Å². The number of anilines is 2. The molecule has 3 aromatic rings.